The van der Waals surface area contributed by atoms with Crippen molar-refractivity contribution >= 4 is 28.4 Å². The van der Waals surface area contributed by atoms with Crippen molar-refractivity contribution in [1.29, 1.82) is 0 Å². The molecule has 9 heteroatoms. The van der Waals surface area contributed by atoms with Crippen LogP contribution in [0.1, 0.15) is 18.7 Å². The molecule has 164 valence electrons. The third kappa shape index (κ3) is 3.92. The zero-order chi connectivity index (χ0) is 22.8. The second-order valence-corrected chi connectivity index (χ2v) is 7.57. The van der Waals surface area contributed by atoms with Crippen LogP contribution in [0.3, 0.4) is 0 Å². The van der Waals surface area contributed by atoms with E-state index in [1.54, 1.807) is 55.5 Å². The van der Waals surface area contributed by atoms with E-state index in [4.69, 9.17) is 20.8 Å². The number of hydrogen-bond acceptors (Lipinski definition) is 5. The van der Waals surface area contributed by atoms with Crippen molar-refractivity contribution in [2.24, 2.45) is 0 Å². The maximum Gasteiger partial charge on any atom is 0.336 e. The number of nitrogens with one attached hydrogen (secondary N) is 1. The lowest BCUT2D eigenvalue weighted by atomic mass is 10.2. The van der Waals surface area contributed by atoms with Crippen molar-refractivity contribution < 1.29 is 13.9 Å². The van der Waals surface area contributed by atoms with E-state index in [0.717, 1.165) is 4.57 Å². The third-order valence-corrected chi connectivity index (χ3v) is 5.38. The van der Waals surface area contributed by atoms with Crippen molar-refractivity contribution in [3.63, 3.8) is 0 Å². The van der Waals surface area contributed by atoms with Gasteiger partial charge in [-0.1, -0.05) is 17.7 Å². The SMILES string of the molecule is COc1cccc(-n2c(=O)c3ccc(Cl)cc3n(C(C)C(=O)NCc3ccco3)c2=O)c1. The van der Waals surface area contributed by atoms with Crippen LogP contribution in [0.15, 0.2) is 74.9 Å². The number of benzene rings is 2. The third-order valence-electron chi connectivity index (χ3n) is 5.15. The molecule has 4 aromatic rings. The summed E-state index contributed by atoms with van der Waals surface area (Å²) in [6, 6.07) is 13.7. The number of rotatable bonds is 6. The van der Waals surface area contributed by atoms with Crippen LogP contribution in [0.2, 0.25) is 5.02 Å². The van der Waals surface area contributed by atoms with Gasteiger partial charge in [0, 0.05) is 11.1 Å². The molecule has 32 heavy (non-hydrogen) atoms. The average Bonchev–Trinajstić information content (AvgIpc) is 3.31. The summed E-state index contributed by atoms with van der Waals surface area (Å²) >= 11 is 6.15. The smallest absolute Gasteiger partial charge is 0.336 e. The number of nitrogens with zero attached hydrogens (tertiary/aromatic N) is 2. The summed E-state index contributed by atoms with van der Waals surface area (Å²) in [6.45, 7) is 1.75. The summed E-state index contributed by atoms with van der Waals surface area (Å²) < 4.78 is 12.7. The van der Waals surface area contributed by atoms with Gasteiger partial charge in [-0.2, -0.15) is 0 Å². The maximum absolute atomic E-state index is 13.5. The second-order valence-electron chi connectivity index (χ2n) is 7.13. The Hall–Kier alpha value is -3.78. The highest BCUT2D eigenvalue weighted by Crippen LogP contribution is 2.21. The number of hydrogen-bond donors (Lipinski definition) is 1. The van der Waals surface area contributed by atoms with Gasteiger partial charge >= 0.3 is 5.69 Å². The number of halogens is 1. The Kier molecular flexibility index (Phi) is 5.87. The second kappa shape index (κ2) is 8.76. The molecule has 0 bridgehead atoms. The molecule has 0 aliphatic carbocycles. The van der Waals surface area contributed by atoms with Crippen LogP contribution in [0.4, 0.5) is 0 Å². The van der Waals surface area contributed by atoms with Crippen LogP contribution in [-0.2, 0) is 11.3 Å². The molecule has 0 radical (unpaired) electrons. The molecule has 0 saturated carbocycles. The van der Waals surface area contributed by atoms with Gasteiger partial charge in [0.15, 0.2) is 0 Å². The molecular weight excluding hydrogens is 434 g/mol. The molecule has 0 aliphatic rings. The minimum absolute atomic E-state index is 0.166. The quantitative estimate of drug-likeness (QED) is 0.483. The Labute approximate surface area is 187 Å². The van der Waals surface area contributed by atoms with Gasteiger partial charge in [0.1, 0.15) is 17.6 Å². The van der Waals surface area contributed by atoms with E-state index in [9.17, 15) is 14.4 Å². The minimum atomic E-state index is -0.934. The highest BCUT2D eigenvalue weighted by Gasteiger charge is 2.23. The lowest BCUT2D eigenvalue weighted by Crippen LogP contribution is -2.43. The number of ether oxygens (including phenoxy) is 1. The van der Waals surface area contributed by atoms with Crippen molar-refractivity contribution in [2.75, 3.05) is 7.11 Å². The molecule has 1 atom stereocenters. The van der Waals surface area contributed by atoms with E-state index in [1.807, 2.05) is 0 Å². The molecule has 0 aliphatic heterocycles. The number of methoxy groups -OCH3 is 1. The molecule has 2 aromatic heterocycles. The minimum Gasteiger partial charge on any atom is -0.497 e. The van der Waals surface area contributed by atoms with Gasteiger partial charge in [-0.15, -0.1) is 0 Å². The zero-order valence-corrected chi connectivity index (χ0v) is 18.1. The standard InChI is InChI=1S/C23H20ClN3O5/c1-14(21(28)25-13-18-7-4-10-32-18)26-20-11-15(24)8-9-19(20)22(29)27(23(26)30)16-5-3-6-17(12-16)31-2/h3-12,14H,13H2,1-2H3,(H,25,28). The van der Waals surface area contributed by atoms with Crippen LogP contribution >= 0.6 is 11.6 Å². The normalized spacial score (nSPS) is 12.0. The van der Waals surface area contributed by atoms with Gasteiger partial charge in [-0.3, -0.25) is 14.2 Å². The molecule has 0 saturated heterocycles. The van der Waals surface area contributed by atoms with E-state index in [0.29, 0.717) is 22.2 Å². The number of amides is 1. The highest BCUT2D eigenvalue weighted by molar-refractivity contribution is 6.31. The van der Waals surface area contributed by atoms with E-state index in [1.165, 1.54) is 24.0 Å². The number of fused-ring (bicyclic) bond motifs is 1. The first-order valence-corrected chi connectivity index (χ1v) is 10.2. The van der Waals surface area contributed by atoms with Gasteiger partial charge < -0.3 is 14.5 Å². The summed E-state index contributed by atoms with van der Waals surface area (Å²) in [5.41, 5.74) is -0.589. The number of carbonyl (C=O) groups is 1. The molecular formula is C23H20ClN3O5. The number of carbonyl (C=O) groups excluding carboxylic acids is 1. The van der Waals surface area contributed by atoms with Crippen molar-refractivity contribution in [1.82, 2.24) is 14.5 Å². The molecule has 0 spiro atoms. The van der Waals surface area contributed by atoms with Crippen LogP contribution in [0, 0.1) is 0 Å². The molecule has 1 N–H and O–H groups in total. The fourth-order valence-electron chi connectivity index (χ4n) is 3.51. The lowest BCUT2D eigenvalue weighted by Gasteiger charge is -2.20. The van der Waals surface area contributed by atoms with E-state index < -0.39 is 23.2 Å². The fraction of sp³-hybridized carbons (Fsp3) is 0.174. The van der Waals surface area contributed by atoms with Crippen LogP contribution in [0.25, 0.3) is 16.6 Å². The first kappa shape index (κ1) is 21.5. The Morgan fingerprint density at radius 3 is 2.69 bits per heavy atom. The predicted molar refractivity (Wildman–Crippen MR) is 121 cm³/mol. The molecule has 1 unspecified atom stereocenters. The molecule has 2 aromatic carbocycles. The lowest BCUT2D eigenvalue weighted by molar-refractivity contribution is -0.124. The first-order valence-electron chi connectivity index (χ1n) is 9.82. The van der Waals surface area contributed by atoms with Crippen molar-refractivity contribution in [2.45, 2.75) is 19.5 Å². The van der Waals surface area contributed by atoms with Gasteiger partial charge in [0.25, 0.3) is 5.56 Å². The van der Waals surface area contributed by atoms with Crippen LogP contribution in [-0.4, -0.2) is 22.2 Å². The van der Waals surface area contributed by atoms with Crippen LogP contribution in [0.5, 0.6) is 5.75 Å². The molecule has 1 amide bonds. The summed E-state index contributed by atoms with van der Waals surface area (Å²) in [5.74, 6) is 0.647. The van der Waals surface area contributed by atoms with Gasteiger partial charge in [0.2, 0.25) is 5.91 Å². The first-order chi connectivity index (χ1) is 15.4. The Morgan fingerprint density at radius 2 is 1.97 bits per heavy atom. The van der Waals surface area contributed by atoms with Crippen molar-refractivity contribution in [3.8, 4) is 11.4 Å². The summed E-state index contributed by atoms with van der Waals surface area (Å²) in [4.78, 5) is 39.7. The maximum atomic E-state index is 13.5. The van der Waals surface area contributed by atoms with E-state index in [2.05, 4.69) is 5.32 Å². The monoisotopic (exact) mass is 453 g/mol. The fourth-order valence-corrected chi connectivity index (χ4v) is 3.67. The Morgan fingerprint density at radius 1 is 1.16 bits per heavy atom. The van der Waals surface area contributed by atoms with Crippen molar-refractivity contribution in [3.05, 3.63) is 92.5 Å². The summed E-state index contributed by atoms with van der Waals surface area (Å²) in [5, 5.41) is 3.34. The Bertz CT molecular complexity index is 1410. The molecule has 8 nitrogen and oxygen atoms in total. The summed E-state index contributed by atoms with van der Waals surface area (Å²) in [6.07, 6.45) is 1.51. The number of aromatic nitrogens is 2. The van der Waals surface area contributed by atoms with E-state index >= 15 is 0 Å². The van der Waals surface area contributed by atoms with E-state index in [-0.39, 0.29) is 17.4 Å². The Balaban J connectivity index is 1.88. The summed E-state index contributed by atoms with van der Waals surface area (Å²) in [7, 11) is 1.49. The van der Waals surface area contributed by atoms with Gasteiger partial charge in [-0.25, -0.2) is 9.36 Å². The van der Waals surface area contributed by atoms with Crippen LogP contribution < -0.4 is 21.3 Å². The molecule has 2 heterocycles. The zero-order valence-electron chi connectivity index (χ0n) is 17.4. The van der Waals surface area contributed by atoms with Gasteiger partial charge in [0.05, 0.1) is 36.5 Å². The molecule has 4 rings (SSSR count). The predicted octanol–water partition coefficient (Wildman–Crippen LogP) is 3.28. The largest absolute Gasteiger partial charge is 0.497 e. The van der Waals surface area contributed by atoms with Gasteiger partial charge in [-0.05, 0) is 49.4 Å². The number of furan rings is 1. The average molecular weight is 454 g/mol. The highest BCUT2D eigenvalue weighted by atomic mass is 35.5. The molecule has 0 fully saturated rings. The topological polar surface area (TPSA) is 95.5 Å².